The number of aromatic amines is 2. The second kappa shape index (κ2) is 4.42. The van der Waals surface area contributed by atoms with Gasteiger partial charge in [-0.25, -0.2) is 4.79 Å². The van der Waals surface area contributed by atoms with Crippen molar-refractivity contribution in [3.63, 3.8) is 0 Å². The van der Waals surface area contributed by atoms with Gasteiger partial charge in [0.05, 0.1) is 12.8 Å². The second-order valence-electron chi connectivity index (χ2n) is 3.37. The predicted molar refractivity (Wildman–Crippen MR) is 64.4 cm³/mol. The summed E-state index contributed by atoms with van der Waals surface area (Å²) in [5.74, 6) is -0.408. The molecule has 1 heterocycles. The van der Waals surface area contributed by atoms with Crippen LogP contribution in [0.5, 0.6) is 5.75 Å². The molecule has 0 bridgehead atoms. The number of carbonyl (C=O) groups is 1. The van der Waals surface area contributed by atoms with Crippen LogP contribution in [0.3, 0.4) is 0 Å². The molecule has 0 amide bonds. The summed E-state index contributed by atoms with van der Waals surface area (Å²) >= 11 is 4.94. The lowest BCUT2D eigenvalue weighted by molar-refractivity contribution is 0.0595. The first-order valence-electron chi connectivity index (χ1n) is 4.82. The molecule has 0 aliphatic carbocycles. The van der Waals surface area contributed by atoms with Gasteiger partial charge in [-0.15, -0.1) is 0 Å². The molecule has 6 heteroatoms. The number of carbonyl (C=O) groups excluding carboxylic acids is 1. The van der Waals surface area contributed by atoms with Gasteiger partial charge in [0.1, 0.15) is 5.75 Å². The number of hydrogen-bond acceptors (Lipinski definition) is 4. The molecule has 5 nitrogen and oxygen atoms in total. The molecule has 0 atom stereocenters. The van der Waals surface area contributed by atoms with Crippen molar-refractivity contribution < 1.29 is 14.6 Å². The van der Waals surface area contributed by atoms with E-state index < -0.39 is 5.97 Å². The van der Waals surface area contributed by atoms with E-state index in [1.54, 1.807) is 18.2 Å². The SMILES string of the molecule is COC(=O)c1[nH]c(=S)[nH]c1-c1cccc(O)c1. The van der Waals surface area contributed by atoms with Gasteiger partial charge in [-0.1, -0.05) is 12.1 Å². The summed E-state index contributed by atoms with van der Waals surface area (Å²) in [6, 6.07) is 6.50. The number of imidazole rings is 1. The monoisotopic (exact) mass is 250 g/mol. The van der Waals surface area contributed by atoms with Gasteiger partial charge in [0.25, 0.3) is 0 Å². The van der Waals surface area contributed by atoms with E-state index in [0.29, 0.717) is 16.0 Å². The lowest BCUT2D eigenvalue weighted by atomic mass is 10.1. The predicted octanol–water partition coefficient (Wildman–Crippen LogP) is 2.23. The zero-order chi connectivity index (χ0) is 12.4. The molecular formula is C11H10N2O3S. The van der Waals surface area contributed by atoms with Crippen LogP contribution in [0.4, 0.5) is 0 Å². The Kier molecular flexibility index (Phi) is 2.97. The Balaban J connectivity index is 2.59. The molecule has 0 aliphatic heterocycles. The number of phenolic OH excluding ortho intramolecular Hbond substituents is 1. The first-order valence-corrected chi connectivity index (χ1v) is 5.22. The third-order valence-corrected chi connectivity index (χ3v) is 2.46. The van der Waals surface area contributed by atoms with Crippen molar-refractivity contribution in [2.45, 2.75) is 0 Å². The van der Waals surface area contributed by atoms with E-state index in [4.69, 9.17) is 12.2 Å². The first-order chi connectivity index (χ1) is 8.11. The maximum Gasteiger partial charge on any atom is 0.356 e. The smallest absolute Gasteiger partial charge is 0.356 e. The minimum Gasteiger partial charge on any atom is -0.508 e. The molecule has 1 aromatic heterocycles. The minimum atomic E-state index is -0.518. The highest BCUT2D eigenvalue weighted by molar-refractivity contribution is 7.71. The number of H-pyrrole nitrogens is 2. The Morgan fingerprint density at radius 1 is 1.41 bits per heavy atom. The molecule has 88 valence electrons. The summed E-state index contributed by atoms with van der Waals surface area (Å²) in [6.45, 7) is 0. The van der Waals surface area contributed by atoms with Crippen LogP contribution in [-0.4, -0.2) is 28.2 Å². The Bertz CT molecular complexity index is 615. The van der Waals surface area contributed by atoms with Gasteiger partial charge < -0.3 is 19.8 Å². The maximum absolute atomic E-state index is 11.5. The zero-order valence-corrected chi connectivity index (χ0v) is 9.80. The normalized spacial score (nSPS) is 10.2. The fraction of sp³-hybridized carbons (Fsp3) is 0.0909. The van der Waals surface area contributed by atoms with Crippen LogP contribution in [-0.2, 0) is 4.74 Å². The molecule has 0 fully saturated rings. The van der Waals surface area contributed by atoms with Crippen LogP contribution in [0.25, 0.3) is 11.3 Å². The fourth-order valence-electron chi connectivity index (χ4n) is 1.52. The fourth-order valence-corrected chi connectivity index (χ4v) is 1.72. The molecule has 0 spiro atoms. The van der Waals surface area contributed by atoms with Crippen molar-refractivity contribution in [2.24, 2.45) is 0 Å². The van der Waals surface area contributed by atoms with Crippen molar-refractivity contribution in [3.8, 4) is 17.0 Å². The second-order valence-corrected chi connectivity index (χ2v) is 3.78. The Morgan fingerprint density at radius 3 is 2.82 bits per heavy atom. The third-order valence-electron chi connectivity index (χ3n) is 2.25. The van der Waals surface area contributed by atoms with Gasteiger partial charge in [0, 0.05) is 5.56 Å². The number of aromatic nitrogens is 2. The lowest BCUT2D eigenvalue weighted by Gasteiger charge is -2.02. The number of esters is 1. The highest BCUT2D eigenvalue weighted by Crippen LogP contribution is 2.24. The van der Waals surface area contributed by atoms with Crippen LogP contribution in [0, 0.1) is 4.77 Å². The summed E-state index contributed by atoms with van der Waals surface area (Å²) in [5, 5.41) is 9.40. The number of rotatable bonds is 2. The van der Waals surface area contributed by atoms with Crippen LogP contribution in [0.15, 0.2) is 24.3 Å². The molecule has 0 saturated carbocycles. The van der Waals surface area contributed by atoms with Crippen molar-refractivity contribution in [1.82, 2.24) is 9.97 Å². The summed E-state index contributed by atoms with van der Waals surface area (Å²) in [4.78, 5) is 17.1. The first kappa shape index (κ1) is 11.4. The van der Waals surface area contributed by atoms with Crippen molar-refractivity contribution >= 4 is 18.2 Å². The zero-order valence-electron chi connectivity index (χ0n) is 8.98. The topological polar surface area (TPSA) is 78.1 Å². The molecular weight excluding hydrogens is 240 g/mol. The summed E-state index contributed by atoms with van der Waals surface area (Å²) in [6.07, 6.45) is 0. The van der Waals surface area contributed by atoms with Crippen molar-refractivity contribution in [2.75, 3.05) is 7.11 Å². The van der Waals surface area contributed by atoms with Crippen LogP contribution in [0.1, 0.15) is 10.5 Å². The average molecular weight is 250 g/mol. The number of methoxy groups -OCH3 is 1. The summed E-state index contributed by atoms with van der Waals surface area (Å²) < 4.78 is 4.97. The van der Waals surface area contributed by atoms with Crippen LogP contribution in [0.2, 0.25) is 0 Å². The largest absolute Gasteiger partial charge is 0.508 e. The van der Waals surface area contributed by atoms with E-state index in [0.717, 1.165) is 0 Å². The number of ether oxygens (including phenoxy) is 1. The van der Waals surface area contributed by atoms with Gasteiger partial charge >= 0.3 is 5.97 Å². The molecule has 0 saturated heterocycles. The van der Waals surface area contributed by atoms with Gasteiger partial charge in [0.2, 0.25) is 0 Å². The van der Waals surface area contributed by atoms with Gasteiger partial charge in [-0.2, -0.15) is 0 Å². The highest BCUT2D eigenvalue weighted by atomic mass is 32.1. The van der Waals surface area contributed by atoms with Crippen LogP contribution >= 0.6 is 12.2 Å². The molecule has 0 radical (unpaired) electrons. The number of aromatic hydroxyl groups is 1. The van der Waals surface area contributed by atoms with E-state index in [-0.39, 0.29) is 11.4 Å². The van der Waals surface area contributed by atoms with Gasteiger partial charge in [0.15, 0.2) is 10.5 Å². The molecule has 0 aliphatic rings. The van der Waals surface area contributed by atoms with E-state index in [9.17, 15) is 9.90 Å². The number of hydrogen-bond donors (Lipinski definition) is 3. The Labute approximate surface area is 102 Å². The van der Waals surface area contributed by atoms with E-state index in [1.165, 1.54) is 13.2 Å². The summed E-state index contributed by atoms with van der Waals surface area (Å²) in [5.41, 5.74) is 1.39. The molecule has 2 rings (SSSR count). The van der Waals surface area contributed by atoms with Gasteiger partial charge in [-0.05, 0) is 24.4 Å². The van der Waals surface area contributed by atoms with E-state index >= 15 is 0 Å². The number of phenols is 1. The third kappa shape index (κ3) is 2.21. The molecule has 1 aromatic carbocycles. The minimum absolute atomic E-state index is 0.110. The lowest BCUT2D eigenvalue weighted by Crippen LogP contribution is -2.03. The van der Waals surface area contributed by atoms with Gasteiger partial charge in [-0.3, -0.25) is 0 Å². The summed E-state index contributed by atoms with van der Waals surface area (Å²) in [7, 11) is 1.29. The quantitative estimate of drug-likeness (QED) is 0.564. The Hall–Kier alpha value is -2.08. The van der Waals surface area contributed by atoms with Crippen molar-refractivity contribution in [1.29, 1.82) is 0 Å². The van der Waals surface area contributed by atoms with E-state index in [2.05, 4.69) is 14.7 Å². The van der Waals surface area contributed by atoms with Crippen LogP contribution < -0.4 is 0 Å². The number of nitrogens with one attached hydrogen (secondary N) is 2. The van der Waals surface area contributed by atoms with Crippen molar-refractivity contribution in [3.05, 3.63) is 34.7 Å². The molecule has 3 N–H and O–H groups in total. The molecule has 2 aromatic rings. The Morgan fingerprint density at radius 2 is 2.18 bits per heavy atom. The van der Waals surface area contributed by atoms with E-state index in [1.807, 2.05) is 0 Å². The number of benzene rings is 1. The maximum atomic E-state index is 11.5. The molecule has 0 unspecified atom stereocenters. The highest BCUT2D eigenvalue weighted by Gasteiger charge is 2.16. The molecule has 17 heavy (non-hydrogen) atoms. The average Bonchev–Trinajstić information content (AvgIpc) is 2.70. The standard InChI is InChI=1S/C11H10N2O3S/c1-16-10(15)9-8(12-11(17)13-9)6-3-2-4-7(14)5-6/h2-5,14H,1H3,(H2,12,13,17).